The van der Waals surface area contributed by atoms with Crippen LogP contribution < -0.4 is 0 Å². The second-order valence-electron chi connectivity index (χ2n) is 2.83. The first-order valence-electron chi connectivity index (χ1n) is 5.29. The standard InChI is InChI=1S/C7H16O5.C4H6O2/c1-10-7(9)6-12-5-4-11-3-2-8;1-3-4(5)6-2/h7-9H,2-6H2,1H3;3H,1H2,2H3. The maximum Gasteiger partial charge on any atom is 0.329 e. The third-order valence-corrected chi connectivity index (χ3v) is 1.51. The lowest BCUT2D eigenvalue weighted by Crippen LogP contribution is -2.19. The van der Waals surface area contributed by atoms with Crippen LogP contribution in [0.15, 0.2) is 12.7 Å². The normalized spacial score (nSPS) is 11.1. The molecule has 7 heteroatoms. The molecule has 2 N–H and O–H groups in total. The number of hydrogen-bond donors (Lipinski definition) is 2. The van der Waals surface area contributed by atoms with E-state index < -0.39 is 12.3 Å². The van der Waals surface area contributed by atoms with Crippen LogP contribution in [0.3, 0.4) is 0 Å². The van der Waals surface area contributed by atoms with Crippen LogP contribution in [0.5, 0.6) is 0 Å². The Morgan fingerprint density at radius 2 is 1.89 bits per heavy atom. The average Bonchev–Trinajstić information content (AvgIpc) is 2.42. The zero-order valence-electron chi connectivity index (χ0n) is 10.8. The lowest BCUT2D eigenvalue weighted by molar-refractivity contribution is -0.134. The Morgan fingerprint density at radius 3 is 2.28 bits per heavy atom. The van der Waals surface area contributed by atoms with Gasteiger partial charge in [0.2, 0.25) is 0 Å². The first-order chi connectivity index (χ1) is 8.62. The number of carbonyl (C=O) groups is 1. The van der Waals surface area contributed by atoms with Gasteiger partial charge < -0.3 is 29.2 Å². The predicted molar refractivity (Wildman–Crippen MR) is 64.0 cm³/mol. The van der Waals surface area contributed by atoms with E-state index in [1.807, 2.05) is 0 Å². The summed E-state index contributed by atoms with van der Waals surface area (Å²) in [6, 6.07) is 0. The molecule has 0 heterocycles. The molecule has 0 fully saturated rings. The SMILES string of the molecule is C=CC(=O)OC.COC(O)COCCOCCO. The van der Waals surface area contributed by atoms with E-state index in [0.29, 0.717) is 19.8 Å². The van der Waals surface area contributed by atoms with Crippen LogP contribution >= 0.6 is 0 Å². The summed E-state index contributed by atoms with van der Waals surface area (Å²) in [6.07, 6.45) is 0.239. The highest BCUT2D eigenvalue weighted by Crippen LogP contribution is 1.85. The molecule has 0 aliphatic carbocycles. The average molecular weight is 266 g/mol. The van der Waals surface area contributed by atoms with E-state index in [1.54, 1.807) is 0 Å². The summed E-state index contributed by atoms with van der Waals surface area (Å²) >= 11 is 0. The fraction of sp³-hybridized carbons (Fsp3) is 0.727. The molecule has 0 aromatic carbocycles. The van der Waals surface area contributed by atoms with E-state index >= 15 is 0 Å². The Labute approximate surface area is 107 Å². The predicted octanol–water partition coefficient (Wildman–Crippen LogP) is -0.678. The second kappa shape index (κ2) is 16.0. The van der Waals surface area contributed by atoms with Crippen molar-refractivity contribution < 1.29 is 34.0 Å². The van der Waals surface area contributed by atoms with Gasteiger partial charge in [-0.1, -0.05) is 6.58 Å². The Bertz CT molecular complexity index is 196. The largest absolute Gasteiger partial charge is 0.466 e. The van der Waals surface area contributed by atoms with Crippen molar-refractivity contribution in [3.63, 3.8) is 0 Å². The molecule has 0 spiro atoms. The van der Waals surface area contributed by atoms with Crippen LogP contribution in [0.4, 0.5) is 0 Å². The van der Waals surface area contributed by atoms with Gasteiger partial charge in [-0.15, -0.1) is 0 Å². The molecule has 1 unspecified atom stereocenters. The van der Waals surface area contributed by atoms with Crippen LogP contribution in [0, 0.1) is 0 Å². The molecule has 0 aromatic heterocycles. The van der Waals surface area contributed by atoms with Crippen LogP contribution in [0.1, 0.15) is 0 Å². The molecule has 18 heavy (non-hydrogen) atoms. The van der Waals surface area contributed by atoms with Crippen molar-refractivity contribution in [3.05, 3.63) is 12.7 Å². The van der Waals surface area contributed by atoms with Crippen molar-refractivity contribution in [2.75, 3.05) is 47.3 Å². The topological polar surface area (TPSA) is 94.5 Å². The summed E-state index contributed by atoms with van der Waals surface area (Å²) in [7, 11) is 2.71. The van der Waals surface area contributed by atoms with Crippen molar-refractivity contribution in [3.8, 4) is 0 Å². The molecule has 108 valence electrons. The summed E-state index contributed by atoms with van der Waals surface area (Å²) < 4.78 is 18.5. The van der Waals surface area contributed by atoms with Crippen LogP contribution in [0.2, 0.25) is 0 Å². The van der Waals surface area contributed by atoms with Gasteiger partial charge in [0.25, 0.3) is 0 Å². The van der Waals surface area contributed by atoms with Gasteiger partial charge in [0.1, 0.15) is 0 Å². The van der Waals surface area contributed by atoms with Crippen molar-refractivity contribution >= 4 is 5.97 Å². The Kier molecular flexibility index (Phi) is 17.2. The molecule has 0 aromatic rings. The summed E-state index contributed by atoms with van der Waals surface area (Å²) in [5.41, 5.74) is 0. The number of esters is 1. The highest BCUT2D eigenvalue weighted by atomic mass is 16.6. The molecule has 0 bridgehead atoms. The van der Waals surface area contributed by atoms with E-state index in [2.05, 4.69) is 16.1 Å². The molecule has 0 rings (SSSR count). The van der Waals surface area contributed by atoms with E-state index in [4.69, 9.17) is 19.7 Å². The molecule has 1 atom stereocenters. The maximum absolute atomic E-state index is 9.84. The number of aliphatic hydroxyl groups excluding tert-OH is 2. The fourth-order valence-corrected chi connectivity index (χ4v) is 0.620. The van der Waals surface area contributed by atoms with Gasteiger partial charge in [-0.2, -0.15) is 0 Å². The first kappa shape index (κ1) is 19.4. The van der Waals surface area contributed by atoms with Crippen molar-refractivity contribution in [2.45, 2.75) is 6.29 Å². The van der Waals surface area contributed by atoms with E-state index in [-0.39, 0.29) is 13.2 Å². The summed E-state index contributed by atoms with van der Waals surface area (Å²) in [4.78, 5) is 9.84. The molecule has 0 aliphatic rings. The summed E-state index contributed by atoms with van der Waals surface area (Å²) in [5, 5.41) is 17.2. The van der Waals surface area contributed by atoms with Crippen molar-refractivity contribution in [1.82, 2.24) is 0 Å². The van der Waals surface area contributed by atoms with E-state index in [1.165, 1.54) is 14.2 Å². The van der Waals surface area contributed by atoms with Gasteiger partial charge in [0.05, 0.1) is 40.1 Å². The molecule has 0 amide bonds. The van der Waals surface area contributed by atoms with E-state index in [9.17, 15) is 4.79 Å². The minimum absolute atomic E-state index is 0.0146. The number of ether oxygens (including phenoxy) is 4. The quantitative estimate of drug-likeness (QED) is 0.247. The minimum Gasteiger partial charge on any atom is -0.466 e. The summed E-state index contributed by atoms with van der Waals surface area (Å²) in [5.74, 6) is -0.394. The Hall–Kier alpha value is -0.990. The van der Waals surface area contributed by atoms with Crippen molar-refractivity contribution in [1.29, 1.82) is 0 Å². The van der Waals surface area contributed by atoms with Crippen molar-refractivity contribution in [2.24, 2.45) is 0 Å². The highest BCUT2D eigenvalue weighted by Gasteiger charge is 1.99. The molecule has 0 saturated heterocycles. The zero-order chi connectivity index (χ0) is 14.2. The number of carbonyl (C=O) groups excluding carboxylic acids is 1. The van der Waals surface area contributed by atoms with Gasteiger partial charge in [-0.05, 0) is 0 Å². The fourth-order valence-electron chi connectivity index (χ4n) is 0.620. The van der Waals surface area contributed by atoms with Gasteiger partial charge in [-0.3, -0.25) is 0 Å². The molecular formula is C11H22O7. The van der Waals surface area contributed by atoms with Gasteiger partial charge in [0.15, 0.2) is 6.29 Å². The third-order valence-electron chi connectivity index (χ3n) is 1.51. The summed E-state index contributed by atoms with van der Waals surface area (Å²) in [6.45, 7) is 4.43. The minimum atomic E-state index is -0.872. The highest BCUT2D eigenvalue weighted by molar-refractivity contribution is 5.80. The third kappa shape index (κ3) is 17.4. The van der Waals surface area contributed by atoms with E-state index in [0.717, 1.165) is 6.08 Å². The zero-order valence-corrected chi connectivity index (χ0v) is 10.8. The first-order valence-corrected chi connectivity index (χ1v) is 5.29. The second-order valence-corrected chi connectivity index (χ2v) is 2.83. The Morgan fingerprint density at radius 1 is 1.28 bits per heavy atom. The number of aliphatic hydroxyl groups is 2. The lowest BCUT2D eigenvalue weighted by Gasteiger charge is -2.08. The molecule has 7 nitrogen and oxygen atoms in total. The molecule has 0 aliphatic heterocycles. The number of hydrogen-bond acceptors (Lipinski definition) is 7. The molecule has 0 saturated carbocycles. The maximum atomic E-state index is 9.84. The van der Waals surface area contributed by atoms with Crippen LogP contribution in [-0.4, -0.2) is 69.7 Å². The van der Waals surface area contributed by atoms with Gasteiger partial charge >= 0.3 is 5.97 Å². The van der Waals surface area contributed by atoms with Gasteiger partial charge in [0, 0.05) is 13.2 Å². The lowest BCUT2D eigenvalue weighted by atomic mass is 10.6. The smallest absolute Gasteiger partial charge is 0.329 e. The molecular weight excluding hydrogens is 244 g/mol. The molecule has 0 radical (unpaired) electrons. The number of methoxy groups -OCH3 is 2. The monoisotopic (exact) mass is 266 g/mol. The van der Waals surface area contributed by atoms with Crippen LogP contribution in [0.25, 0.3) is 0 Å². The Balaban J connectivity index is 0. The van der Waals surface area contributed by atoms with Gasteiger partial charge in [-0.25, -0.2) is 4.79 Å². The van der Waals surface area contributed by atoms with Crippen LogP contribution in [-0.2, 0) is 23.7 Å². The number of rotatable bonds is 9.